The predicted molar refractivity (Wildman–Crippen MR) is 127 cm³/mol. The van der Waals surface area contributed by atoms with Crippen LogP contribution in [0.4, 0.5) is 11.4 Å². The molecule has 0 bridgehead atoms. The number of ketones is 1. The number of nitrogens with zero attached hydrogens (tertiary/aromatic N) is 2. The van der Waals surface area contributed by atoms with Gasteiger partial charge < -0.3 is 9.80 Å². The van der Waals surface area contributed by atoms with Gasteiger partial charge in [0.2, 0.25) is 0 Å². The molecule has 160 valence electrons. The summed E-state index contributed by atoms with van der Waals surface area (Å²) in [4.78, 5) is 18.3. The van der Waals surface area contributed by atoms with E-state index in [9.17, 15) is 4.79 Å². The average Bonchev–Trinajstić information content (AvgIpc) is 3.46. The maximum absolute atomic E-state index is 13.3. The fraction of sp³-hybridized carbons (Fsp3) is 0.519. The highest BCUT2D eigenvalue weighted by Gasteiger charge is 2.25. The lowest BCUT2D eigenvalue weighted by Crippen LogP contribution is -2.20. The molecule has 2 fully saturated rings. The largest absolute Gasteiger partial charge is 0.371 e. The van der Waals surface area contributed by atoms with E-state index in [2.05, 4.69) is 73.9 Å². The summed E-state index contributed by atoms with van der Waals surface area (Å²) in [6, 6.07) is 13.2. The number of carbonyl (C=O) groups is 1. The monoisotopic (exact) mass is 404 g/mol. The van der Waals surface area contributed by atoms with E-state index < -0.39 is 0 Å². The second kappa shape index (κ2) is 8.83. The molecule has 3 heteroatoms. The van der Waals surface area contributed by atoms with Gasteiger partial charge >= 0.3 is 0 Å². The van der Waals surface area contributed by atoms with E-state index in [4.69, 9.17) is 0 Å². The van der Waals surface area contributed by atoms with Crippen molar-refractivity contribution in [2.75, 3.05) is 36.0 Å². The summed E-state index contributed by atoms with van der Waals surface area (Å²) in [7, 11) is 0. The Bertz CT molecular complexity index is 834. The number of benzene rings is 2. The van der Waals surface area contributed by atoms with Crippen LogP contribution in [0.2, 0.25) is 0 Å². The summed E-state index contributed by atoms with van der Waals surface area (Å²) in [6.45, 7) is 13.1. The van der Waals surface area contributed by atoms with Crippen LogP contribution >= 0.6 is 0 Å². The lowest BCUT2D eigenvalue weighted by molar-refractivity contribution is -0.121. The van der Waals surface area contributed by atoms with Crippen LogP contribution in [-0.2, 0) is 4.79 Å². The normalized spacial score (nSPS) is 18.7. The van der Waals surface area contributed by atoms with Crippen LogP contribution < -0.4 is 9.80 Å². The third-order valence-corrected chi connectivity index (χ3v) is 7.19. The van der Waals surface area contributed by atoms with Crippen molar-refractivity contribution in [2.24, 2.45) is 0 Å². The van der Waals surface area contributed by atoms with Crippen molar-refractivity contribution in [3.05, 3.63) is 58.7 Å². The molecule has 2 aromatic carbocycles. The van der Waals surface area contributed by atoms with Crippen molar-refractivity contribution in [3.8, 4) is 0 Å². The molecule has 0 spiro atoms. The minimum Gasteiger partial charge on any atom is -0.371 e. The first kappa shape index (κ1) is 21.0. The van der Waals surface area contributed by atoms with Crippen molar-refractivity contribution in [1.82, 2.24) is 0 Å². The van der Waals surface area contributed by atoms with Crippen molar-refractivity contribution in [1.29, 1.82) is 0 Å². The molecule has 2 aliphatic heterocycles. The summed E-state index contributed by atoms with van der Waals surface area (Å²) in [6.07, 6.45) is 5.13. The second-order valence-corrected chi connectivity index (χ2v) is 9.33. The number of anilines is 2. The van der Waals surface area contributed by atoms with Crippen molar-refractivity contribution < 1.29 is 4.79 Å². The number of hydrogen-bond donors (Lipinski definition) is 0. The lowest BCUT2D eigenvalue weighted by atomic mass is 9.84. The zero-order chi connectivity index (χ0) is 21.3. The van der Waals surface area contributed by atoms with E-state index in [0.717, 1.165) is 37.3 Å². The Morgan fingerprint density at radius 1 is 0.700 bits per heavy atom. The smallest absolute Gasteiger partial charge is 0.147 e. The molecule has 2 heterocycles. The van der Waals surface area contributed by atoms with Crippen LogP contribution in [0, 0.1) is 13.8 Å². The molecule has 2 atom stereocenters. The highest BCUT2D eigenvalue weighted by atomic mass is 16.1. The van der Waals surface area contributed by atoms with Crippen LogP contribution in [-0.4, -0.2) is 32.0 Å². The topological polar surface area (TPSA) is 23.6 Å². The fourth-order valence-corrected chi connectivity index (χ4v) is 5.23. The summed E-state index contributed by atoms with van der Waals surface area (Å²) in [5.74, 6) is 0.117. The Morgan fingerprint density at radius 2 is 1.07 bits per heavy atom. The maximum Gasteiger partial charge on any atom is 0.147 e. The van der Waals surface area contributed by atoms with Gasteiger partial charge in [-0.05, 0) is 73.9 Å². The first-order chi connectivity index (χ1) is 14.5. The van der Waals surface area contributed by atoms with E-state index in [1.54, 1.807) is 0 Å². The molecule has 0 aliphatic carbocycles. The third kappa shape index (κ3) is 4.12. The van der Waals surface area contributed by atoms with Gasteiger partial charge in [0.1, 0.15) is 5.78 Å². The molecule has 0 saturated carbocycles. The molecule has 2 saturated heterocycles. The Labute approximate surface area is 182 Å². The summed E-state index contributed by atoms with van der Waals surface area (Å²) < 4.78 is 0. The van der Waals surface area contributed by atoms with E-state index in [0.29, 0.717) is 5.78 Å². The van der Waals surface area contributed by atoms with Crippen molar-refractivity contribution in [3.63, 3.8) is 0 Å². The zero-order valence-electron chi connectivity index (χ0n) is 19.1. The molecule has 30 heavy (non-hydrogen) atoms. The number of hydrogen-bond acceptors (Lipinski definition) is 3. The first-order valence-corrected chi connectivity index (χ1v) is 11.7. The number of carbonyl (C=O) groups excluding carboxylic acids is 1. The van der Waals surface area contributed by atoms with Crippen LogP contribution in [0.5, 0.6) is 0 Å². The molecule has 2 aromatic rings. The molecule has 0 N–H and O–H groups in total. The lowest BCUT2D eigenvalue weighted by Gasteiger charge is -2.24. The van der Waals surface area contributed by atoms with Gasteiger partial charge in [-0.25, -0.2) is 0 Å². The minimum absolute atomic E-state index is 0.0927. The molecule has 4 rings (SSSR count). The van der Waals surface area contributed by atoms with Crippen LogP contribution in [0.15, 0.2) is 36.4 Å². The van der Waals surface area contributed by atoms with Gasteiger partial charge in [0.05, 0.1) is 0 Å². The van der Waals surface area contributed by atoms with Gasteiger partial charge in [-0.1, -0.05) is 38.1 Å². The zero-order valence-corrected chi connectivity index (χ0v) is 19.1. The van der Waals surface area contributed by atoms with Gasteiger partial charge in [0.25, 0.3) is 0 Å². The maximum atomic E-state index is 13.3. The number of aryl methyl sites for hydroxylation is 2. The molecular weight excluding hydrogens is 368 g/mol. The molecule has 0 radical (unpaired) electrons. The van der Waals surface area contributed by atoms with Crippen molar-refractivity contribution in [2.45, 2.75) is 65.2 Å². The molecule has 0 amide bonds. The average molecular weight is 405 g/mol. The molecule has 2 unspecified atom stereocenters. The summed E-state index contributed by atoms with van der Waals surface area (Å²) in [5.41, 5.74) is 7.50. The molecule has 0 aromatic heterocycles. The van der Waals surface area contributed by atoms with Crippen molar-refractivity contribution >= 4 is 17.2 Å². The van der Waals surface area contributed by atoms with Crippen LogP contribution in [0.25, 0.3) is 0 Å². The van der Waals surface area contributed by atoms with Gasteiger partial charge in [-0.3, -0.25) is 4.79 Å². The van der Waals surface area contributed by atoms with E-state index >= 15 is 0 Å². The SMILES string of the molecule is Cc1cc(C(C)C(=O)C(C)c2ccc(N3CCCC3)c(C)c2)ccc1N1CCCC1. The number of Topliss-reactive ketones (excluding diaryl/α,β-unsaturated/α-hetero) is 1. The number of rotatable bonds is 6. The Hall–Kier alpha value is -2.29. The Morgan fingerprint density at radius 3 is 1.40 bits per heavy atom. The third-order valence-electron chi connectivity index (χ3n) is 7.19. The van der Waals surface area contributed by atoms with Crippen LogP contribution in [0.3, 0.4) is 0 Å². The first-order valence-electron chi connectivity index (χ1n) is 11.7. The van der Waals surface area contributed by atoms with Crippen LogP contribution in [0.1, 0.15) is 73.6 Å². The Kier molecular flexibility index (Phi) is 6.17. The van der Waals surface area contributed by atoms with Gasteiger partial charge in [-0.2, -0.15) is 0 Å². The van der Waals surface area contributed by atoms with Gasteiger partial charge in [-0.15, -0.1) is 0 Å². The Balaban J connectivity index is 1.49. The highest BCUT2D eigenvalue weighted by molar-refractivity contribution is 5.91. The van der Waals surface area contributed by atoms with E-state index in [1.807, 2.05) is 0 Å². The minimum atomic E-state index is -0.0927. The van der Waals surface area contributed by atoms with Gasteiger partial charge in [0.15, 0.2) is 0 Å². The second-order valence-electron chi connectivity index (χ2n) is 9.33. The standard InChI is InChI=1S/C27H36N2O/c1-19-17-23(9-11-25(19)28-13-5-6-14-28)21(3)27(30)22(4)24-10-12-26(20(2)18-24)29-15-7-8-16-29/h9-12,17-18,21-22H,5-8,13-16H2,1-4H3. The van der Waals surface area contributed by atoms with E-state index in [-0.39, 0.29) is 11.8 Å². The molecule has 2 aliphatic rings. The quantitative estimate of drug-likeness (QED) is 0.592. The molecular formula is C27H36N2O. The predicted octanol–water partition coefficient (Wildman–Crippen LogP) is 5.98. The summed E-state index contributed by atoms with van der Waals surface area (Å²) >= 11 is 0. The molecule has 3 nitrogen and oxygen atoms in total. The van der Waals surface area contributed by atoms with Gasteiger partial charge in [0, 0.05) is 49.4 Å². The summed E-state index contributed by atoms with van der Waals surface area (Å²) in [5, 5.41) is 0. The highest BCUT2D eigenvalue weighted by Crippen LogP contribution is 2.33. The van der Waals surface area contributed by atoms with E-state index in [1.165, 1.54) is 48.2 Å². The fourth-order valence-electron chi connectivity index (χ4n) is 5.23.